The van der Waals surface area contributed by atoms with E-state index in [0.29, 0.717) is 11.1 Å². The number of rotatable bonds is 5. The summed E-state index contributed by atoms with van der Waals surface area (Å²) in [5, 5.41) is 25.7. The highest BCUT2D eigenvalue weighted by molar-refractivity contribution is 5.87. The molecule has 0 fully saturated rings. The fraction of sp³-hybridized carbons (Fsp3) is 0. The van der Waals surface area contributed by atoms with Crippen molar-refractivity contribution in [2.45, 2.75) is 0 Å². The Morgan fingerprint density at radius 2 is 1.72 bits per heavy atom. The highest BCUT2D eigenvalue weighted by Gasteiger charge is 2.19. The van der Waals surface area contributed by atoms with E-state index in [-0.39, 0.29) is 11.4 Å². The number of non-ortho nitro benzene ring substituents is 1. The number of nitrogens with one attached hydrogen (secondary N) is 1. The Morgan fingerprint density at radius 3 is 2.44 bits per heavy atom. The summed E-state index contributed by atoms with van der Waals surface area (Å²) in [6, 6.07) is 8.58. The molecule has 3 aromatic rings. The van der Waals surface area contributed by atoms with Crippen LogP contribution < -0.4 is 5.43 Å². The van der Waals surface area contributed by atoms with Crippen molar-refractivity contribution in [2.24, 2.45) is 5.10 Å². The number of nitrogens with zero attached hydrogens (tertiary/aromatic N) is 5. The van der Waals surface area contributed by atoms with Gasteiger partial charge in [-0.1, -0.05) is 6.07 Å². The lowest BCUT2D eigenvalue weighted by atomic mass is 10.2. The van der Waals surface area contributed by atoms with E-state index in [0.717, 1.165) is 17.6 Å². The van der Waals surface area contributed by atoms with Gasteiger partial charge in [-0.05, 0) is 23.8 Å². The molecular weight excluding hydrogens is 328 g/mol. The van der Waals surface area contributed by atoms with Crippen LogP contribution in [0.2, 0.25) is 0 Å². The van der Waals surface area contributed by atoms with E-state index in [9.17, 15) is 20.2 Å². The molecule has 0 saturated heterocycles. The molecule has 0 aliphatic carbocycles. The van der Waals surface area contributed by atoms with Gasteiger partial charge >= 0.3 is 5.69 Å². The fourth-order valence-corrected chi connectivity index (χ4v) is 2.12. The van der Waals surface area contributed by atoms with Gasteiger partial charge in [-0.3, -0.25) is 35.6 Å². The van der Waals surface area contributed by atoms with Crippen LogP contribution >= 0.6 is 0 Å². The second kappa shape index (κ2) is 6.66. The maximum absolute atomic E-state index is 11.1. The van der Waals surface area contributed by atoms with Gasteiger partial charge in [-0.25, -0.2) is 0 Å². The van der Waals surface area contributed by atoms with Gasteiger partial charge in [-0.15, -0.1) is 0 Å². The van der Waals surface area contributed by atoms with Crippen molar-refractivity contribution in [3.63, 3.8) is 0 Å². The molecule has 0 atom stereocenters. The number of hydrogen-bond acceptors (Lipinski definition) is 8. The van der Waals surface area contributed by atoms with Gasteiger partial charge in [0.05, 0.1) is 33.2 Å². The Morgan fingerprint density at radius 1 is 0.960 bits per heavy atom. The number of anilines is 1. The highest BCUT2D eigenvalue weighted by Crippen LogP contribution is 2.28. The maximum atomic E-state index is 11.1. The summed E-state index contributed by atoms with van der Waals surface area (Å²) in [7, 11) is 0. The predicted molar refractivity (Wildman–Crippen MR) is 90.5 cm³/mol. The molecular formula is C15H10N6O4. The molecule has 1 aromatic heterocycles. The van der Waals surface area contributed by atoms with Crippen molar-refractivity contribution in [1.82, 2.24) is 9.97 Å². The molecule has 0 amide bonds. The lowest BCUT2D eigenvalue weighted by Crippen LogP contribution is -1.98. The van der Waals surface area contributed by atoms with E-state index in [1.807, 2.05) is 0 Å². The molecule has 0 aliphatic heterocycles. The second-order valence-corrected chi connectivity index (χ2v) is 4.89. The van der Waals surface area contributed by atoms with Crippen molar-refractivity contribution in [2.75, 3.05) is 5.43 Å². The lowest BCUT2D eigenvalue weighted by Gasteiger charge is -2.02. The Labute approximate surface area is 140 Å². The quantitative estimate of drug-likeness (QED) is 0.429. The first kappa shape index (κ1) is 15.9. The highest BCUT2D eigenvalue weighted by atomic mass is 16.6. The Kier molecular flexibility index (Phi) is 4.24. The first-order valence-corrected chi connectivity index (χ1v) is 6.97. The molecule has 10 heteroatoms. The summed E-state index contributed by atoms with van der Waals surface area (Å²) >= 11 is 0. The van der Waals surface area contributed by atoms with Gasteiger partial charge in [0.25, 0.3) is 5.69 Å². The zero-order valence-corrected chi connectivity index (χ0v) is 12.6. The predicted octanol–water partition coefficient (Wildman–Crippen LogP) is 2.89. The summed E-state index contributed by atoms with van der Waals surface area (Å²) in [6.07, 6.45) is 4.62. The van der Waals surface area contributed by atoms with Gasteiger partial charge in [0.2, 0.25) is 0 Å². The SMILES string of the molecule is O=[N+]([O-])c1ccc(N/N=C/c2ccc3nccnc3c2)c([N+](=O)[O-])c1. The number of nitro groups is 2. The minimum Gasteiger partial charge on any atom is -0.272 e. The normalized spacial score (nSPS) is 10.9. The Balaban J connectivity index is 1.83. The third-order valence-corrected chi connectivity index (χ3v) is 3.28. The largest absolute Gasteiger partial charge is 0.301 e. The molecule has 2 aromatic carbocycles. The summed E-state index contributed by atoms with van der Waals surface area (Å²) < 4.78 is 0. The standard InChI is InChI=1S/C15H10N6O4/c22-20(23)11-2-4-13(15(8-11)21(24)25)19-18-9-10-1-3-12-14(7-10)17-6-5-16-12/h1-9,19H/b18-9+. The number of benzene rings is 2. The van der Waals surface area contributed by atoms with Crippen LogP contribution in [0.4, 0.5) is 17.1 Å². The molecule has 0 spiro atoms. The summed E-state index contributed by atoms with van der Waals surface area (Å²) in [6.45, 7) is 0. The van der Waals surface area contributed by atoms with E-state index in [1.165, 1.54) is 12.3 Å². The maximum Gasteiger partial charge on any atom is 0.301 e. The minimum absolute atomic E-state index is 0.0485. The smallest absolute Gasteiger partial charge is 0.272 e. The van der Waals surface area contributed by atoms with Crippen LogP contribution in [0.15, 0.2) is 53.9 Å². The number of nitro benzene ring substituents is 2. The molecule has 124 valence electrons. The zero-order chi connectivity index (χ0) is 17.8. The minimum atomic E-state index is -0.712. The Bertz CT molecular complexity index is 1000. The average Bonchev–Trinajstić information content (AvgIpc) is 2.61. The number of aromatic nitrogens is 2. The molecule has 0 saturated carbocycles. The van der Waals surface area contributed by atoms with Gasteiger partial charge < -0.3 is 0 Å². The van der Waals surface area contributed by atoms with Crippen molar-refractivity contribution in [3.05, 3.63) is 74.6 Å². The Hall–Kier alpha value is -3.95. The summed E-state index contributed by atoms with van der Waals surface area (Å²) in [5.41, 5.74) is 3.91. The monoisotopic (exact) mass is 338 g/mol. The second-order valence-electron chi connectivity index (χ2n) is 4.89. The van der Waals surface area contributed by atoms with Gasteiger partial charge in [0.1, 0.15) is 5.69 Å². The number of hydrazone groups is 1. The van der Waals surface area contributed by atoms with E-state index in [2.05, 4.69) is 20.5 Å². The molecule has 3 rings (SSSR count). The molecule has 1 heterocycles. The third kappa shape index (κ3) is 3.52. The van der Waals surface area contributed by atoms with E-state index in [1.54, 1.807) is 30.6 Å². The van der Waals surface area contributed by atoms with Crippen LogP contribution in [0, 0.1) is 20.2 Å². The average molecular weight is 338 g/mol. The number of hydrogen-bond donors (Lipinski definition) is 1. The van der Waals surface area contributed by atoms with E-state index in [4.69, 9.17) is 0 Å². The van der Waals surface area contributed by atoms with Crippen LogP contribution in [0.5, 0.6) is 0 Å². The van der Waals surface area contributed by atoms with Gasteiger partial charge in [0.15, 0.2) is 0 Å². The van der Waals surface area contributed by atoms with Crippen LogP contribution in [-0.2, 0) is 0 Å². The zero-order valence-electron chi connectivity index (χ0n) is 12.6. The first-order valence-electron chi connectivity index (χ1n) is 6.97. The fourth-order valence-electron chi connectivity index (χ4n) is 2.12. The topological polar surface area (TPSA) is 136 Å². The van der Waals surface area contributed by atoms with Gasteiger partial charge in [-0.2, -0.15) is 5.10 Å². The molecule has 25 heavy (non-hydrogen) atoms. The summed E-state index contributed by atoms with van der Waals surface area (Å²) in [4.78, 5) is 28.7. The van der Waals surface area contributed by atoms with Crippen LogP contribution in [0.1, 0.15) is 5.56 Å². The van der Waals surface area contributed by atoms with Crippen molar-refractivity contribution < 1.29 is 9.85 Å². The molecule has 10 nitrogen and oxygen atoms in total. The lowest BCUT2D eigenvalue weighted by molar-refractivity contribution is -0.393. The molecule has 0 radical (unpaired) electrons. The van der Waals surface area contributed by atoms with Crippen molar-refractivity contribution >= 4 is 34.3 Å². The first-order chi connectivity index (χ1) is 12.0. The molecule has 1 N–H and O–H groups in total. The van der Waals surface area contributed by atoms with Crippen LogP contribution in [-0.4, -0.2) is 26.0 Å². The third-order valence-electron chi connectivity index (χ3n) is 3.28. The van der Waals surface area contributed by atoms with E-state index < -0.39 is 15.5 Å². The molecule has 0 bridgehead atoms. The number of fused-ring (bicyclic) bond motifs is 1. The van der Waals surface area contributed by atoms with Crippen molar-refractivity contribution in [3.8, 4) is 0 Å². The molecule has 0 unspecified atom stereocenters. The molecule has 0 aliphatic rings. The van der Waals surface area contributed by atoms with Crippen LogP contribution in [0.25, 0.3) is 11.0 Å². The summed E-state index contributed by atoms with van der Waals surface area (Å²) in [5.74, 6) is 0. The van der Waals surface area contributed by atoms with Crippen molar-refractivity contribution in [1.29, 1.82) is 0 Å². The van der Waals surface area contributed by atoms with Crippen LogP contribution in [0.3, 0.4) is 0 Å². The van der Waals surface area contributed by atoms with E-state index >= 15 is 0 Å². The van der Waals surface area contributed by atoms with Gasteiger partial charge in [0, 0.05) is 18.5 Å².